The molecule has 1 amide bonds. The van der Waals surface area contributed by atoms with Crippen LogP contribution in [0.15, 0.2) is 22.7 Å². The Morgan fingerprint density at radius 3 is 2.84 bits per heavy atom. The molecule has 1 saturated heterocycles. The molecular formula is C13H13BrFNO3. The zero-order valence-electron chi connectivity index (χ0n) is 10.1. The van der Waals surface area contributed by atoms with E-state index in [2.05, 4.69) is 15.9 Å². The second-order valence-corrected chi connectivity index (χ2v) is 5.38. The van der Waals surface area contributed by atoms with Crippen LogP contribution in [0.5, 0.6) is 0 Å². The van der Waals surface area contributed by atoms with Crippen molar-refractivity contribution in [3.63, 3.8) is 0 Å². The lowest BCUT2D eigenvalue weighted by atomic mass is 10.1. The summed E-state index contributed by atoms with van der Waals surface area (Å²) in [5.41, 5.74) is 0.248. The molecular weight excluding hydrogens is 317 g/mol. The Balaban J connectivity index is 2.18. The topological polar surface area (TPSA) is 57.6 Å². The Morgan fingerprint density at radius 1 is 1.47 bits per heavy atom. The van der Waals surface area contributed by atoms with Gasteiger partial charge < -0.3 is 10.0 Å². The quantitative estimate of drug-likeness (QED) is 0.927. The highest BCUT2D eigenvalue weighted by Gasteiger charge is 2.31. The second-order valence-electron chi connectivity index (χ2n) is 4.52. The highest BCUT2D eigenvalue weighted by atomic mass is 79.9. The van der Waals surface area contributed by atoms with Crippen molar-refractivity contribution < 1.29 is 19.1 Å². The third-order valence-electron chi connectivity index (χ3n) is 3.21. The van der Waals surface area contributed by atoms with Crippen molar-refractivity contribution in [2.24, 2.45) is 0 Å². The Morgan fingerprint density at radius 2 is 2.21 bits per heavy atom. The number of carboxylic acids is 1. The van der Waals surface area contributed by atoms with Gasteiger partial charge in [0.15, 0.2) is 0 Å². The molecule has 0 unspecified atom stereocenters. The van der Waals surface area contributed by atoms with Crippen LogP contribution < -0.4 is 0 Å². The summed E-state index contributed by atoms with van der Waals surface area (Å²) in [5, 5.41) is 8.82. The van der Waals surface area contributed by atoms with E-state index in [-0.39, 0.29) is 23.9 Å². The van der Waals surface area contributed by atoms with Crippen LogP contribution in [0.3, 0.4) is 0 Å². The first-order valence-corrected chi connectivity index (χ1v) is 6.76. The molecule has 6 heteroatoms. The highest BCUT2D eigenvalue weighted by Crippen LogP contribution is 2.24. The van der Waals surface area contributed by atoms with E-state index in [0.717, 1.165) is 6.42 Å². The highest BCUT2D eigenvalue weighted by molar-refractivity contribution is 9.10. The van der Waals surface area contributed by atoms with Gasteiger partial charge >= 0.3 is 5.97 Å². The molecule has 0 spiro atoms. The number of aliphatic carboxylic acids is 1. The van der Waals surface area contributed by atoms with E-state index in [1.54, 1.807) is 0 Å². The Bertz CT molecular complexity index is 521. The van der Waals surface area contributed by atoms with Crippen molar-refractivity contribution in [2.75, 3.05) is 6.54 Å². The minimum atomic E-state index is -0.924. The van der Waals surface area contributed by atoms with E-state index in [1.807, 2.05) is 0 Å². The number of rotatable bonds is 3. The summed E-state index contributed by atoms with van der Waals surface area (Å²) in [5.74, 6) is -1.73. The van der Waals surface area contributed by atoms with Crippen molar-refractivity contribution in [2.45, 2.75) is 25.3 Å². The molecule has 0 aliphatic carbocycles. The van der Waals surface area contributed by atoms with Crippen LogP contribution in [-0.2, 0) is 4.79 Å². The van der Waals surface area contributed by atoms with Gasteiger partial charge in [-0.05, 0) is 47.0 Å². The lowest BCUT2D eigenvalue weighted by molar-refractivity contribution is -0.137. The summed E-state index contributed by atoms with van der Waals surface area (Å²) in [7, 11) is 0. The van der Waals surface area contributed by atoms with Crippen molar-refractivity contribution in [1.82, 2.24) is 4.90 Å². The van der Waals surface area contributed by atoms with Crippen LogP contribution in [0, 0.1) is 5.82 Å². The summed E-state index contributed by atoms with van der Waals surface area (Å²) in [6.45, 7) is 0.522. The lowest BCUT2D eigenvalue weighted by Crippen LogP contribution is -2.36. The number of amides is 1. The third-order valence-corrected chi connectivity index (χ3v) is 3.86. The zero-order valence-corrected chi connectivity index (χ0v) is 11.7. The van der Waals surface area contributed by atoms with E-state index < -0.39 is 11.8 Å². The van der Waals surface area contributed by atoms with E-state index >= 15 is 0 Å². The number of carboxylic acid groups (broad SMARTS) is 1. The molecule has 1 aliphatic heterocycles. The van der Waals surface area contributed by atoms with E-state index in [9.17, 15) is 14.0 Å². The van der Waals surface area contributed by atoms with Gasteiger partial charge in [0.25, 0.3) is 5.91 Å². The largest absolute Gasteiger partial charge is 0.481 e. The molecule has 19 heavy (non-hydrogen) atoms. The first kappa shape index (κ1) is 14.0. The maximum atomic E-state index is 13.4. The van der Waals surface area contributed by atoms with Gasteiger partial charge in [-0.1, -0.05) is 0 Å². The van der Waals surface area contributed by atoms with Crippen molar-refractivity contribution in [3.05, 3.63) is 34.1 Å². The van der Waals surface area contributed by atoms with Crippen LogP contribution in [0.2, 0.25) is 0 Å². The van der Waals surface area contributed by atoms with Crippen LogP contribution in [-0.4, -0.2) is 34.5 Å². The van der Waals surface area contributed by atoms with Crippen molar-refractivity contribution in [1.29, 1.82) is 0 Å². The Labute approximate surface area is 118 Å². The number of carbonyl (C=O) groups excluding carboxylic acids is 1. The SMILES string of the molecule is O=C(O)C[C@H]1CCCN1C(=O)c1ccc(Br)c(F)c1. The van der Waals surface area contributed by atoms with Gasteiger partial charge in [0.2, 0.25) is 0 Å². The molecule has 1 fully saturated rings. The van der Waals surface area contributed by atoms with E-state index in [0.29, 0.717) is 17.4 Å². The summed E-state index contributed by atoms with van der Waals surface area (Å²) in [6.07, 6.45) is 1.39. The molecule has 1 N–H and O–H groups in total. The average molecular weight is 330 g/mol. The maximum absolute atomic E-state index is 13.4. The number of halogens is 2. The minimum absolute atomic E-state index is 0.0647. The molecule has 1 atom stereocenters. The molecule has 0 radical (unpaired) electrons. The molecule has 1 aromatic carbocycles. The maximum Gasteiger partial charge on any atom is 0.305 e. The minimum Gasteiger partial charge on any atom is -0.481 e. The van der Waals surface area contributed by atoms with Gasteiger partial charge in [-0.25, -0.2) is 4.39 Å². The van der Waals surface area contributed by atoms with Gasteiger partial charge in [-0.2, -0.15) is 0 Å². The molecule has 2 rings (SSSR count). The van der Waals surface area contributed by atoms with Crippen LogP contribution in [0.1, 0.15) is 29.6 Å². The Hall–Kier alpha value is -1.43. The predicted molar refractivity (Wildman–Crippen MR) is 70.4 cm³/mol. The standard InChI is InChI=1S/C13H13BrFNO3/c14-10-4-3-8(6-11(10)15)13(19)16-5-1-2-9(16)7-12(17)18/h3-4,6,9H,1-2,5,7H2,(H,17,18)/t9-/m1/s1. The Kier molecular flexibility index (Phi) is 4.19. The first-order chi connectivity index (χ1) is 8.99. The summed E-state index contributed by atoms with van der Waals surface area (Å²) < 4.78 is 13.7. The fourth-order valence-electron chi connectivity index (χ4n) is 2.31. The molecule has 102 valence electrons. The summed E-state index contributed by atoms with van der Waals surface area (Å²) in [6, 6.07) is 3.88. The molecule has 1 aliphatic rings. The number of hydrogen-bond donors (Lipinski definition) is 1. The fourth-order valence-corrected chi connectivity index (χ4v) is 2.56. The van der Waals surface area contributed by atoms with Crippen LogP contribution in [0.25, 0.3) is 0 Å². The summed E-state index contributed by atoms with van der Waals surface area (Å²) in [4.78, 5) is 24.5. The van der Waals surface area contributed by atoms with Crippen molar-refractivity contribution in [3.8, 4) is 0 Å². The molecule has 0 bridgehead atoms. The number of benzene rings is 1. The zero-order chi connectivity index (χ0) is 14.0. The third kappa shape index (κ3) is 3.12. The van der Waals surface area contributed by atoms with E-state index in [1.165, 1.54) is 23.1 Å². The fraction of sp³-hybridized carbons (Fsp3) is 0.385. The van der Waals surface area contributed by atoms with Gasteiger partial charge in [0.1, 0.15) is 5.82 Å². The van der Waals surface area contributed by atoms with Gasteiger partial charge in [-0.15, -0.1) is 0 Å². The van der Waals surface area contributed by atoms with Crippen LogP contribution in [0.4, 0.5) is 4.39 Å². The van der Waals surface area contributed by atoms with Crippen molar-refractivity contribution >= 4 is 27.8 Å². The number of nitrogens with zero attached hydrogens (tertiary/aromatic N) is 1. The van der Waals surface area contributed by atoms with Crippen LogP contribution >= 0.6 is 15.9 Å². The average Bonchev–Trinajstić information content (AvgIpc) is 2.79. The van der Waals surface area contributed by atoms with Gasteiger partial charge in [0, 0.05) is 18.2 Å². The molecule has 0 saturated carbocycles. The van der Waals surface area contributed by atoms with E-state index in [4.69, 9.17) is 5.11 Å². The molecule has 0 aromatic heterocycles. The lowest BCUT2D eigenvalue weighted by Gasteiger charge is -2.23. The normalized spacial score (nSPS) is 18.6. The molecule has 1 heterocycles. The monoisotopic (exact) mass is 329 g/mol. The number of likely N-dealkylation sites (tertiary alicyclic amines) is 1. The number of carbonyl (C=O) groups is 2. The first-order valence-electron chi connectivity index (χ1n) is 5.97. The predicted octanol–water partition coefficient (Wildman–Crippen LogP) is 2.67. The van der Waals surface area contributed by atoms with Gasteiger partial charge in [0.05, 0.1) is 10.9 Å². The summed E-state index contributed by atoms with van der Waals surface area (Å²) >= 11 is 3.03. The molecule has 4 nitrogen and oxygen atoms in total. The molecule has 1 aromatic rings. The second kappa shape index (κ2) is 5.69. The van der Waals surface area contributed by atoms with Gasteiger partial charge in [-0.3, -0.25) is 9.59 Å². The smallest absolute Gasteiger partial charge is 0.305 e. The number of hydrogen-bond acceptors (Lipinski definition) is 2.